The van der Waals surface area contributed by atoms with Crippen molar-refractivity contribution in [3.63, 3.8) is 0 Å². The Balaban J connectivity index is 2.02. The Morgan fingerprint density at radius 1 is 1.00 bits per heavy atom. The normalized spacial score (nSPS) is 11.1. The molecule has 29 heavy (non-hydrogen) atoms. The SMILES string of the molecule is CNC(=O)c1ccccc1Nc1cc(Nc2ncccc2C)ncc1C(F)(F)F. The van der Waals surface area contributed by atoms with Crippen molar-refractivity contribution in [2.24, 2.45) is 0 Å². The quantitative estimate of drug-likeness (QED) is 0.580. The van der Waals surface area contributed by atoms with Crippen LogP contribution in [0.25, 0.3) is 0 Å². The number of para-hydroxylation sites is 1. The molecule has 3 rings (SSSR count). The van der Waals surface area contributed by atoms with Crippen molar-refractivity contribution in [1.82, 2.24) is 15.3 Å². The lowest BCUT2D eigenvalue weighted by molar-refractivity contribution is -0.137. The number of anilines is 4. The summed E-state index contributed by atoms with van der Waals surface area (Å²) in [7, 11) is 1.45. The molecule has 3 aromatic rings. The molecular weight excluding hydrogens is 383 g/mol. The summed E-state index contributed by atoms with van der Waals surface area (Å²) in [5.74, 6) is 0.245. The Labute approximate surface area is 165 Å². The molecule has 6 nitrogen and oxygen atoms in total. The van der Waals surface area contributed by atoms with Crippen LogP contribution in [-0.2, 0) is 6.18 Å². The van der Waals surface area contributed by atoms with E-state index in [0.29, 0.717) is 5.82 Å². The number of aryl methyl sites for hydroxylation is 1. The molecule has 0 unspecified atom stereocenters. The third kappa shape index (κ3) is 4.63. The van der Waals surface area contributed by atoms with Crippen LogP contribution in [0.3, 0.4) is 0 Å². The number of carbonyl (C=O) groups excluding carboxylic acids is 1. The van der Waals surface area contributed by atoms with E-state index in [9.17, 15) is 18.0 Å². The standard InChI is InChI=1S/C20H18F3N5O/c1-12-6-5-9-25-18(12)28-17-10-16(14(11-26-17)20(21,22)23)27-15-8-4-3-7-13(15)19(29)24-2/h3-11H,1-2H3,(H,24,29)(H2,25,26,27,28). The summed E-state index contributed by atoms with van der Waals surface area (Å²) in [4.78, 5) is 20.1. The number of alkyl halides is 3. The van der Waals surface area contributed by atoms with E-state index in [-0.39, 0.29) is 22.8 Å². The third-order valence-electron chi connectivity index (χ3n) is 4.13. The van der Waals surface area contributed by atoms with Gasteiger partial charge in [-0.2, -0.15) is 13.2 Å². The Bertz CT molecular complexity index is 1040. The molecule has 0 radical (unpaired) electrons. The van der Waals surface area contributed by atoms with Gasteiger partial charge >= 0.3 is 6.18 Å². The van der Waals surface area contributed by atoms with Crippen LogP contribution < -0.4 is 16.0 Å². The Hall–Kier alpha value is -3.62. The summed E-state index contributed by atoms with van der Waals surface area (Å²) >= 11 is 0. The number of pyridine rings is 2. The molecule has 0 fully saturated rings. The zero-order valence-corrected chi connectivity index (χ0v) is 15.6. The van der Waals surface area contributed by atoms with Crippen LogP contribution in [0, 0.1) is 6.92 Å². The van der Waals surface area contributed by atoms with Gasteiger partial charge in [-0.3, -0.25) is 4.79 Å². The van der Waals surface area contributed by atoms with Crippen LogP contribution in [0.1, 0.15) is 21.5 Å². The van der Waals surface area contributed by atoms with Crippen LogP contribution in [0.2, 0.25) is 0 Å². The zero-order chi connectivity index (χ0) is 21.0. The van der Waals surface area contributed by atoms with Crippen LogP contribution in [0.5, 0.6) is 0 Å². The largest absolute Gasteiger partial charge is 0.419 e. The molecule has 1 aromatic carbocycles. The van der Waals surface area contributed by atoms with Crippen molar-refractivity contribution >= 4 is 28.9 Å². The van der Waals surface area contributed by atoms with E-state index in [0.717, 1.165) is 11.8 Å². The predicted molar refractivity (Wildman–Crippen MR) is 105 cm³/mol. The lowest BCUT2D eigenvalue weighted by atomic mass is 10.1. The average molecular weight is 401 g/mol. The maximum absolute atomic E-state index is 13.5. The topological polar surface area (TPSA) is 78.9 Å². The summed E-state index contributed by atoms with van der Waals surface area (Å²) in [5.41, 5.74) is 0.0830. The maximum Gasteiger partial charge on any atom is 0.419 e. The van der Waals surface area contributed by atoms with Gasteiger partial charge in [-0.05, 0) is 30.7 Å². The molecule has 150 valence electrons. The van der Waals surface area contributed by atoms with Gasteiger partial charge in [-0.15, -0.1) is 0 Å². The second-order valence-corrected chi connectivity index (χ2v) is 6.16. The number of amides is 1. The van der Waals surface area contributed by atoms with Gasteiger partial charge in [0.25, 0.3) is 5.91 Å². The van der Waals surface area contributed by atoms with E-state index >= 15 is 0 Å². The number of hydrogen-bond acceptors (Lipinski definition) is 5. The number of carbonyl (C=O) groups is 1. The zero-order valence-electron chi connectivity index (χ0n) is 15.6. The average Bonchev–Trinajstić information content (AvgIpc) is 2.69. The summed E-state index contributed by atoms with van der Waals surface area (Å²) < 4.78 is 40.5. The predicted octanol–water partition coefficient (Wildman–Crippen LogP) is 4.65. The Kier molecular flexibility index (Phi) is 5.67. The lowest BCUT2D eigenvalue weighted by Gasteiger charge is -2.17. The number of benzene rings is 1. The number of aromatic nitrogens is 2. The molecule has 1 amide bonds. The molecule has 0 atom stereocenters. The van der Waals surface area contributed by atoms with Crippen molar-refractivity contribution in [3.05, 3.63) is 71.5 Å². The number of rotatable bonds is 5. The molecule has 0 aliphatic rings. The van der Waals surface area contributed by atoms with Crippen molar-refractivity contribution in [2.75, 3.05) is 17.7 Å². The molecule has 2 aromatic heterocycles. The van der Waals surface area contributed by atoms with Gasteiger partial charge in [0.1, 0.15) is 11.6 Å². The molecule has 0 saturated heterocycles. The molecule has 0 aliphatic carbocycles. The second kappa shape index (κ2) is 8.17. The van der Waals surface area contributed by atoms with E-state index in [2.05, 4.69) is 25.9 Å². The van der Waals surface area contributed by atoms with Crippen molar-refractivity contribution in [1.29, 1.82) is 0 Å². The van der Waals surface area contributed by atoms with E-state index in [1.165, 1.54) is 25.2 Å². The molecule has 3 N–H and O–H groups in total. The molecule has 2 heterocycles. The highest BCUT2D eigenvalue weighted by Crippen LogP contribution is 2.37. The van der Waals surface area contributed by atoms with Gasteiger partial charge in [0, 0.05) is 25.5 Å². The van der Waals surface area contributed by atoms with E-state index in [1.54, 1.807) is 24.4 Å². The van der Waals surface area contributed by atoms with Crippen molar-refractivity contribution in [2.45, 2.75) is 13.1 Å². The first-order valence-electron chi connectivity index (χ1n) is 8.63. The molecule has 0 spiro atoms. The minimum absolute atomic E-state index is 0.180. The van der Waals surface area contributed by atoms with Crippen LogP contribution in [0.4, 0.5) is 36.2 Å². The van der Waals surface area contributed by atoms with Gasteiger partial charge in [-0.1, -0.05) is 18.2 Å². The molecule has 0 aliphatic heterocycles. The highest BCUT2D eigenvalue weighted by atomic mass is 19.4. The second-order valence-electron chi connectivity index (χ2n) is 6.16. The van der Waals surface area contributed by atoms with Crippen LogP contribution in [0.15, 0.2) is 54.9 Å². The smallest absolute Gasteiger partial charge is 0.355 e. The van der Waals surface area contributed by atoms with Gasteiger partial charge in [0.15, 0.2) is 0 Å². The fourth-order valence-corrected chi connectivity index (χ4v) is 2.66. The molecule has 9 heteroatoms. The minimum Gasteiger partial charge on any atom is -0.355 e. The third-order valence-corrected chi connectivity index (χ3v) is 4.13. The van der Waals surface area contributed by atoms with E-state index in [4.69, 9.17) is 0 Å². The number of halogens is 3. The summed E-state index contributed by atoms with van der Waals surface area (Å²) in [6.45, 7) is 1.82. The molecule has 0 bridgehead atoms. The number of nitrogens with zero attached hydrogens (tertiary/aromatic N) is 2. The number of hydrogen-bond donors (Lipinski definition) is 3. The lowest BCUT2D eigenvalue weighted by Crippen LogP contribution is -2.19. The monoisotopic (exact) mass is 401 g/mol. The first-order chi connectivity index (χ1) is 13.8. The van der Waals surface area contributed by atoms with Gasteiger partial charge in [0.2, 0.25) is 0 Å². The maximum atomic E-state index is 13.5. The summed E-state index contributed by atoms with van der Waals surface area (Å²) in [5, 5.41) is 8.11. The van der Waals surface area contributed by atoms with Crippen LogP contribution >= 0.6 is 0 Å². The van der Waals surface area contributed by atoms with Crippen molar-refractivity contribution < 1.29 is 18.0 Å². The fourth-order valence-electron chi connectivity index (χ4n) is 2.66. The van der Waals surface area contributed by atoms with Crippen molar-refractivity contribution in [3.8, 4) is 0 Å². The highest BCUT2D eigenvalue weighted by molar-refractivity contribution is 6.00. The number of nitrogens with one attached hydrogen (secondary N) is 3. The summed E-state index contributed by atoms with van der Waals surface area (Å²) in [6.07, 6.45) is -2.32. The Morgan fingerprint density at radius 3 is 2.45 bits per heavy atom. The summed E-state index contributed by atoms with van der Waals surface area (Å²) in [6, 6.07) is 11.1. The Morgan fingerprint density at radius 2 is 1.76 bits per heavy atom. The first-order valence-corrected chi connectivity index (χ1v) is 8.63. The van der Waals surface area contributed by atoms with Crippen LogP contribution in [-0.4, -0.2) is 22.9 Å². The van der Waals surface area contributed by atoms with Gasteiger partial charge in [0.05, 0.1) is 22.5 Å². The van der Waals surface area contributed by atoms with E-state index in [1.807, 2.05) is 13.0 Å². The molecule has 0 saturated carbocycles. The van der Waals surface area contributed by atoms with E-state index < -0.39 is 17.6 Å². The van der Waals surface area contributed by atoms with Gasteiger partial charge in [-0.25, -0.2) is 9.97 Å². The minimum atomic E-state index is -4.63. The first kappa shape index (κ1) is 20.1. The fraction of sp³-hybridized carbons (Fsp3) is 0.150. The molecular formula is C20H18F3N5O. The van der Waals surface area contributed by atoms with Gasteiger partial charge < -0.3 is 16.0 Å². The highest BCUT2D eigenvalue weighted by Gasteiger charge is 2.34.